The Morgan fingerprint density at radius 2 is 1.68 bits per heavy atom. The number of halogens is 2. The van der Waals surface area contributed by atoms with Gasteiger partial charge in [0.15, 0.2) is 11.5 Å². The summed E-state index contributed by atoms with van der Waals surface area (Å²) in [5.41, 5.74) is 0.450. The zero-order valence-corrected chi connectivity index (χ0v) is 25.8. The van der Waals surface area contributed by atoms with Crippen LogP contribution in [-0.4, -0.2) is 62.7 Å². The van der Waals surface area contributed by atoms with Crippen molar-refractivity contribution < 1.29 is 27.5 Å². The van der Waals surface area contributed by atoms with Crippen LogP contribution >= 0.6 is 23.2 Å². The van der Waals surface area contributed by atoms with Crippen molar-refractivity contribution in [2.75, 3.05) is 30.3 Å². The first-order valence-corrected chi connectivity index (χ1v) is 15.7. The number of amides is 2. The Kier molecular flexibility index (Phi) is 10.6. The highest BCUT2D eigenvalue weighted by molar-refractivity contribution is 7.92. The Hall–Kier alpha value is -2.69. The number of rotatable bonds is 11. The Morgan fingerprint density at radius 1 is 1.05 bits per heavy atom. The highest BCUT2D eigenvalue weighted by Crippen LogP contribution is 2.35. The van der Waals surface area contributed by atoms with Crippen molar-refractivity contribution in [3.05, 3.63) is 52.0 Å². The Balaban J connectivity index is 1.82. The molecule has 12 heteroatoms. The van der Waals surface area contributed by atoms with Crippen LogP contribution in [0, 0.1) is 0 Å². The van der Waals surface area contributed by atoms with E-state index in [1.165, 1.54) is 9.21 Å². The normalized spacial score (nSPS) is 13.9. The zero-order valence-electron chi connectivity index (χ0n) is 23.5. The molecule has 1 aliphatic heterocycles. The molecule has 1 N–H and O–H groups in total. The molecule has 1 unspecified atom stereocenters. The first kappa shape index (κ1) is 31.8. The molecule has 0 aliphatic carbocycles. The summed E-state index contributed by atoms with van der Waals surface area (Å²) in [6.45, 7) is 8.31. The lowest BCUT2D eigenvalue weighted by Gasteiger charge is -2.33. The number of hydrogen-bond acceptors (Lipinski definition) is 6. The second-order valence-electron chi connectivity index (χ2n) is 10.7. The van der Waals surface area contributed by atoms with Gasteiger partial charge in [-0.2, -0.15) is 0 Å². The summed E-state index contributed by atoms with van der Waals surface area (Å²) >= 11 is 12.8. The molecule has 220 valence electrons. The first-order valence-electron chi connectivity index (χ1n) is 13.1. The minimum atomic E-state index is -3.66. The van der Waals surface area contributed by atoms with E-state index >= 15 is 0 Å². The monoisotopic (exact) mass is 613 g/mol. The number of carbonyl (C=O) groups excluding carboxylic acids is 2. The van der Waals surface area contributed by atoms with Gasteiger partial charge in [-0.15, -0.1) is 0 Å². The van der Waals surface area contributed by atoms with E-state index < -0.39 is 21.6 Å². The van der Waals surface area contributed by atoms with E-state index in [4.69, 9.17) is 32.7 Å². The minimum absolute atomic E-state index is 0.00204. The number of nitrogens with zero attached hydrogens (tertiary/aromatic N) is 2. The number of carbonyl (C=O) groups is 2. The number of fused-ring (bicyclic) bond motifs is 1. The van der Waals surface area contributed by atoms with Gasteiger partial charge < -0.3 is 19.7 Å². The summed E-state index contributed by atoms with van der Waals surface area (Å²) in [5.74, 6) is 0.404. The average Bonchev–Trinajstić information content (AvgIpc) is 2.86. The van der Waals surface area contributed by atoms with Crippen molar-refractivity contribution >= 4 is 50.7 Å². The molecule has 3 rings (SSSR count). The van der Waals surface area contributed by atoms with Gasteiger partial charge in [0.25, 0.3) is 0 Å². The quantitative estimate of drug-likeness (QED) is 0.381. The number of nitrogens with one attached hydrogen (secondary N) is 1. The van der Waals surface area contributed by atoms with Gasteiger partial charge in [-0.3, -0.25) is 13.9 Å². The van der Waals surface area contributed by atoms with Crippen molar-refractivity contribution in [3.8, 4) is 11.5 Å². The standard InChI is InChI=1S/C28H37Cl2N3O6S/c1-6-23(27(35)31-28(2,3)4)32(18-20-21(29)9-7-10-22(20)30)26(34)11-8-14-33(40(5,36)37)19-12-13-24-25(17-19)39-16-15-38-24/h7,9-10,12-13,17,23H,6,8,11,14-16,18H2,1-5H3,(H,31,35). The van der Waals surface area contributed by atoms with Gasteiger partial charge in [0.05, 0.1) is 11.9 Å². The van der Waals surface area contributed by atoms with Crippen LogP contribution in [-0.2, 0) is 26.2 Å². The smallest absolute Gasteiger partial charge is 0.243 e. The summed E-state index contributed by atoms with van der Waals surface area (Å²) in [6.07, 6.45) is 1.69. The molecule has 2 amide bonds. The van der Waals surface area contributed by atoms with Gasteiger partial charge in [0.1, 0.15) is 19.3 Å². The molecule has 0 aromatic heterocycles. The van der Waals surface area contributed by atoms with Crippen LogP contribution in [0.4, 0.5) is 5.69 Å². The summed E-state index contributed by atoms with van der Waals surface area (Å²) in [7, 11) is -3.66. The van der Waals surface area contributed by atoms with Crippen molar-refractivity contribution in [1.82, 2.24) is 10.2 Å². The zero-order chi connectivity index (χ0) is 29.7. The lowest BCUT2D eigenvalue weighted by atomic mass is 10.0. The van der Waals surface area contributed by atoms with Crippen LogP contribution in [0.15, 0.2) is 36.4 Å². The molecule has 1 aliphatic rings. The van der Waals surface area contributed by atoms with E-state index in [9.17, 15) is 18.0 Å². The molecular formula is C28H37Cl2N3O6S. The fourth-order valence-corrected chi connectivity index (χ4v) is 5.89. The van der Waals surface area contributed by atoms with Crippen molar-refractivity contribution in [2.45, 2.75) is 65.1 Å². The average molecular weight is 615 g/mol. The SMILES string of the molecule is CCC(C(=O)NC(C)(C)C)N(Cc1c(Cl)cccc1Cl)C(=O)CCCN(c1ccc2c(c1)OCCO2)S(C)(=O)=O. The second-order valence-corrected chi connectivity index (χ2v) is 13.4. The summed E-state index contributed by atoms with van der Waals surface area (Å²) in [6, 6.07) is 9.23. The lowest BCUT2D eigenvalue weighted by molar-refractivity contribution is -0.142. The molecule has 9 nitrogen and oxygen atoms in total. The molecule has 1 atom stereocenters. The van der Waals surface area contributed by atoms with Crippen LogP contribution in [0.5, 0.6) is 11.5 Å². The van der Waals surface area contributed by atoms with E-state index in [0.29, 0.717) is 52.4 Å². The molecular weight excluding hydrogens is 577 g/mol. The predicted molar refractivity (Wildman–Crippen MR) is 158 cm³/mol. The van der Waals surface area contributed by atoms with Gasteiger partial charge in [0, 0.05) is 46.7 Å². The number of sulfonamides is 1. The maximum absolute atomic E-state index is 13.7. The third-order valence-corrected chi connectivity index (χ3v) is 8.14. The maximum atomic E-state index is 13.7. The van der Waals surface area contributed by atoms with Crippen LogP contribution < -0.4 is 19.1 Å². The summed E-state index contributed by atoms with van der Waals surface area (Å²) in [4.78, 5) is 28.4. The molecule has 0 saturated carbocycles. The topological polar surface area (TPSA) is 105 Å². The molecule has 2 aromatic carbocycles. The second kappa shape index (κ2) is 13.3. The number of anilines is 1. The van der Waals surface area contributed by atoms with E-state index in [-0.39, 0.29) is 37.7 Å². The highest BCUT2D eigenvalue weighted by Gasteiger charge is 2.31. The van der Waals surface area contributed by atoms with Crippen LogP contribution in [0.3, 0.4) is 0 Å². The summed E-state index contributed by atoms with van der Waals surface area (Å²) in [5, 5.41) is 3.73. The van der Waals surface area contributed by atoms with Gasteiger partial charge in [-0.25, -0.2) is 8.42 Å². The third kappa shape index (κ3) is 8.41. The van der Waals surface area contributed by atoms with E-state index in [0.717, 1.165) is 6.26 Å². The van der Waals surface area contributed by atoms with Crippen LogP contribution in [0.1, 0.15) is 52.5 Å². The fourth-order valence-electron chi connectivity index (χ4n) is 4.42. The molecule has 1 heterocycles. The number of benzene rings is 2. The Labute approximate surface area is 246 Å². The Morgan fingerprint density at radius 3 is 2.25 bits per heavy atom. The molecule has 0 spiro atoms. The first-order chi connectivity index (χ1) is 18.7. The van der Waals surface area contributed by atoms with Crippen LogP contribution in [0.25, 0.3) is 0 Å². The molecule has 0 fully saturated rings. The fraction of sp³-hybridized carbons (Fsp3) is 0.500. The van der Waals surface area contributed by atoms with E-state index in [2.05, 4.69) is 5.32 Å². The lowest BCUT2D eigenvalue weighted by Crippen LogP contribution is -2.53. The molecule has 2 aromatic rings. The number of ether oxygens (including phenoxy) is 2. The van der Waals surface area contributed by atoms with Gasteiger partial charge in [-0.05, 0) is 57.9 Å². The molecule has 0 saturated heterocycles. The summed E-state index contributed by atoms with van der Waals surface area (Å²) < 4.78 is 37.7. The van der Waals surface area contributed by atoms with Gasteiger partial charge >= 0.3 is 0 Å². The van der Waals surface area contributed by atoms with Crippen LogP contribution in [0.2, 0.25) is 10.0 Å². The van der Waals surface area contributed by atoms with E-state index in [1.54, 1.807) is 36.4 Å². The van der Waals surface area contributed by atoms with Crippen molar-refractivity contribution in [2.24, 2.45) is 0 Å². The van der Waals surface area contributed by atoms with Crippen molar-refractivity contribution in [1.29, 1.82) is 0 Å². The maximum Gasteiger partial charge on any atom is 0.243 e. The predicted octanol–water partition coefficient (Wildman–Crippen LogP) is 5.03. The highest BCUT2D eigenvalue weighted by atomic mass is 35.5. The Bertz CT molecular complexity index is 1310. The third-order valence-electron chi connectivity index (χ3n) is 6.24. The van der Waals surface area contributed by atoms with Gasteiger partial charge in [0.2, 0.25) is 21.8 Å². The number of hydrogen-bond donors (Lipinski definition) is 1. The minimum Gasteiger partial charge on any atom is -0.486 e. The van der Waals surface area contributed by atoms with Gasteiger partial charge in [-0.1, -0.05) is 36.2 Å². The van der Waals surface area contributed by atoms with Crippen molar-refractivity contribution in [3.63, 3.8) is 0 Å². The van der Waals surface area contributed by atoms with E-state index in [1.807, 2.05) is 27.7 Å². The molecule has 0 bridgehead atoms. The molecule has 0 radical (unpaired) electrons. The molecule has 40 heavy (non-hydrogen) atoms. The largest absolute Gasteiger partial charge is 0.486 e.